The smallest absolute Gasteiger partial charge is 0.228 e. The van der Waals surface area contributed by atoms with E-state index in [1.165, 1.54) is 19.3 Å². The Hall–Kier alpha value is -1.84. The van der Waals surface area contributed by atoms with E-state index >= 15 is 0 Å². The van der Waals surface area contributed by atoms with Gasteiger partial charge in [0, 0.05) is 24.7 Å². The predicted octanol–water partition coefficient (Wildman–Crippen LogP) is 4.08. The largest absolute Gasteiger partial charge is 0.342 e. The molecule has 0 radical (unpaired) electrons. The number of nitrogens with one attached hydrogen (secondary N) is 1. The number of hydrogen-bond donors (Lipinski definition) is 1. The van der Waals surface area contributed by atoms with E-state index in [1.54, 1.807) is 0 Å². The van der Waals surface area contributed by atoms with Gasteiger partial charge in [-0.3, -0.25) is 9.59 Å². The van der Waals surface area contributed by atoms with Crippen molar-refractivity contribution in [2.24, 2.45) is 29.1 Å². The van der Waals surface area contributed by atoms with Crippen LogP contribution in [0.3, 0.4) is 0 Å². The summed E-state index contributed by atoms with van der Waals surface area (Å²) in [5.74, 6) is 2.94. The fourth-order valence-corrected chi connectivity index (χ4v) is 6.82. The molecule has 1 aromatic carbocycles. The molecule has 0 unspecified atom stereocenters. The Bertz CT molecular complexity index is 686. The number of benzene rings is 1. The van der Waals surface area contributed by atoms with Gasteiger partial charge in [0.25, 0.3) is 0 Å². The van der Waals surface area contributed by atoms with Gasteiger partial charge < -0.3 is 10.2 Å². The lowest BCUT2D eigenvalue weighted by Crippen LogP contribution is -2.56. The molecule has 0 spiro atoms. The number of carbonyl (C=O) groups is 2. The molecule has 5 fully saturated rings. The highest BCUT2D eigenvalue weighted by molar-refractivity contribution is 5.92. The van der Waals surface area contributed by atoms with Crippen LogP contribution >= 0.6 is 0 Å². The zero-order valence-electron chi connectivity index (χ0n) is 16.0. The molecule has 4 bridgehead atoms. The van der Waals surface area contributed by atoms with Crippen LogP contribution in [0.1, 0.15) is 51.4 Å². The first-order valence-electron chi connectivity index (χ1n) is 10.8. The summed E-state index contributed by atoms with van der Waals surface area (Å²) >= 11 is 0. The fraction of sp³-hybridized carbons (Fsp3) is 0.652. The number of hydrogen-bond acceptors (Lipinski definition) is 2. The Morgan fingerprint density at radius 3 is 2.00 bits per heavy atom. The van der Waals surface area contributed by atoms with Crippen molar-refractivity contribution in [2.75, 3.05) is 18.4 Å². The highest BCUT2D eigenvalue weighted by Crippen LogP contribution is 2.60. The first-order valence-corrected chi connectivity index (χ1v) is 10.8. The minimum absolute atomic E-state index is 0.0191. The van der Waals surface area contributed by atoms with E-state index in [1.807, 2.05) is 30.3 Å². The lowest BCUT2D eigenvalue weighted by atomic mass is 9.49. The molecule has 27 heavy (non-hydrogen) atoms. The molecule has 6 rings (SSSR count). The quantitative estimate of drug-likeness (QED) is 0.876. The van der Waals surface area contributed by atoms with Gasteiger partial charge in [-0.2, -0.15) is 0 Å². The maximum atomic E-state index is 13.4. The molecule has 5 aliphatic rings. The van der Waals surface area contributed by atoms with Crippen molar-refractivity contribution in [1.29, 1.82) is 0 Å². The van der Waals surface area contributed by atoms with E-state index in [2.05, 4.69) is 10.2 Å². The number of nitrogens with zero attached hydrogens (tertiary/aromatic N) is 1. The lowest BCUT2D eigenvalue weighted by molar-refractivity contribution is -0.159. The van der Waals surface area contributed by atoms with E-state index < -0.39 is 0 Å². The maximum absolute atomic E-state index is 13.4. The Morgan fingerprint density at radius 2 is 1.44 bits per heavy atom. The van der Waals surface area contributed by atoms with Crippen LogP contribution in [0.15, 0.2) is 30.3 Å². The zero-order chi connectivity index (χ0) is 18.4. The van der Waals surface area contributed by atoms with Crippen molar-refractivity contribution in [1.82, 2.24) is 4.90 Å². The number of anilines is 1. The molecule has 0 atom stereocenters. The first-order chi connectivity index (χ1) is 13.1. The highest BCUT2D eigenvalue weighted by atomic mass is 16.2. The number of carbonyl (C=O) groups excluding carboxylic acids is 2. The summed E-state index contributed by atoms with van der Waals surface area (Å²) in [6.07, 6.45) is 9.08. The van der Waals surface area contributed by atoms with Gasteiger partial charge >= 0.3 is 0 Å². The zero-order valence-corrected chi connectivity index (χ0v) is 16.0. The van der Waals surface area contributed by atoms with Crippen LogP contribution in [-0.2, 0) is 9.59 Å². The van der Waals surface area contributed by atoms with E-state index in [0.29, 0.717) is 5.91 Å². The minimum Gasteiger partial charge on any atom is -0.342 e. The van der Waals surface area contributed by atoms with Crippen molar-refractivity contribution in [2.45, 2.75) is 51.4 Å². The molecule has 144 valence electrons. The minimum atomic E-state index is -0.0477. The number of likely N-dealkylation sites (tertiary alicyclic amines) is 1. The molecule has 0 aromatic heterocycles. The summed E-state index contributed by atoms with van der Waals surface area (Å²) in [5, 5.41) is 3.02. The number of para-hydroxylation sites is 1. The molecular formula is C23H30N2O2. The van der Waals surface area contributed by atoms with E-state index in [-0.39, 0.29) is 17.2 Å². The Balaban J connectivity index is 1.19. The van der Waals surface area contributed by atoms with Crippen LogP contribution in [0.25, 0.3) is 0 Å². The second-order valence-electron chi connectivity index (χ2n) is 9.62. The van der Waals surface area contributed by atoms with Gasteiger partial charge in [0.1, 0.15) is 0 Å². The summed E-state index contributed by atoms with van der Waals surface area (Å²) in [5.41, 5.74) is 0.808. The molecule has 4 saturated carbocycles. The maximum Gasteiger partial charge on any atom is 0.228 e. The van der Waals surface area contributed by atoms with Crippen molar-refractivity contribution in [3.63, 3.8) is 0 Å². The average Bonchev–Trinajstić information content (AvgIpc) is 2.67. The van der Waals surface area contributed by atoms with Gasteiger partial charge in [-0.15, -0.1) is 0 Å². The molecule has 1 heterocycles. The first kappa shape index (κ1) is 17.3. The number of amides is 2. The van der Waals surface area contributed by atoms with Crippen LogP contribution in [-0.4, -0.2) is 29.8 Å². The summed E-state index contributed by atoms with van der Waals surface area (Å²) < 4.78 is 0. The summed E-state index contributed by atoms with van der Waals surface area (Å²) in [4.78, 5) is 28.1. The van der Waals surface area contributed by atoms with Crippen molar-refractivity contribution in [3.8, 4) is 0 Å². The number of piperidine rings is 1. The highest BCUT2D eigenvalue weighted by Gasteiger charge is 2.55. The van der Waals surface area contributed by atoms with E-state index in [4.69, 9.17) is 0 Å². The second kappa shape index (κ2) is 6.65. The van der Waals surface area contributed by atoms with Gasteiger partial charge in [-0.1, -0.05) is 18.2 Å². The third-order valence-corrected chi connectivity index (χ3v) is 7.69. The fourth-order valence-electron chi connectivity index (χ4n) is 6.82. The molecule has 4 aliphatic carbocycles. The Kier molecular flexibility index (Phi) is 4.25. The standard InChI is InChI=1S/C23H30N2O2/c26-21(24-20-4-2-1-3-5-20)19-6-8-25(9-7-19)22(27)23-13-16-10-17(14-23)12-18(11-16)15-23/h1-5,16-19H,6-15H2,(H,24,26). The Morgan fingerprint density at radius 1 is 0.889 bits per heavy atom. The molecule has 1 aliphatic heterocycles. The second-order valence-corrected chi connectivity index (χ2v) is 9.62. The molecular weight excluding hydrogens is 336 g/mol. The van der Waals surface area contributed by atoms with Crippen molar-refractivity contribution >= 4 is 17.5 Å². The van der Waals surface area contributed by atoms with Crippen molar-refractivity contribution in [3.05, 3.63) is 30.3 Å². The predicted molar refractivity (Wildman–Crippen MR) is 105 cm³/mol. The molecule has 4 heteroatoms. The Labute approximate surface area is 161 Å². The van der Waals surface area contributed by atoms with Crippen molar-refractivity contribution < 1.29 is 9.59 Å². The van der Waals surface area contributed by atoms with Crippen LogP contribution in [0.2, 0.25) is 0 Å². The molecule has 1 N–H and O–H groups in total. The normalized spacial score (nSPS) is 35.3. The van der Waals surface area contributed by atoms with Gasteiger partial charge in [0.15, 0.2) is 0 Å². The molecule has 2 amide bonds. The van der Waals surface area contributed by atoms with E-state index in [9.17, 15) is 9.59 Å². The topological polar surface area (TPSA) is 49.4 Å². The average molecular weight is 367 g/mol. The van der Waals surface area contributed by atoms with Crippen LogP contribution < -0.4 is 5.32 Å². The van der Waals surface area contributed by atoms with Gasteiger partial charge in [0.05, 0.1) is 5.41 Å². The van der Waals surface area contributed by atoms with Crippen LogP contribution in [0.5, 0.6) is 0 Å². The van der Waals surface area contributed by atoms with E-state index in [0.717, 1.165) is 68.6 Å². The SMILES string of the molecule is O=C(Nc1ccccc1)C1CCN(C(=O)C23CC4CC(CC(C4)C2)C3)CC1. The number of rotatable bonds is 3. The molecule has 4 nitrogen and oxygen atoms in total. The third-order valence-electron chi connectivity index (χ3n) is 7.69. The monoisotopic (exact) mass is 366 g/mol. The molecule has 1 aromatic rings. The van der Waals surface area contributed by atoms with Gasteiger partial charge in [-0.25, -0.2) is 0 Å². The third kappa shape index (κ3) is 3.17. The summed E-state index contributed by atoms with van der Waals surface area (Å²) in [7, 11) is 0. The van der Waals surface area contributed by atoms with Crippen LogP contribution in [0.4, 0.5) is 5.69 Å². The summed E-state index contributed by atoms with van der Waals surface area (Å²) in [6, 6.07) is 9.65. The lowest BCUT2D eigenvalue weighted by Gasteiger charge is -2.57. The van der Waals surface area contributed by atoms with Gasteiger partial charge in [0.2, 0.25) is 11.8 Å². The molecule has 1 saturated heterocycles. The summed E-state index contributed by atoms with van der Waals surface area (Å²) in [6.45, 7) is 1.49. The van der Waals surface area contributed by atoms with Gasteiger partial charge in [-0.05, 0) is 81.3 Å². The van der Waals surface area contributed by atoms with Crippen LogP contribution in [0, 0.1) is 29.1 Å².